The molecule has 0 atom stereocenters. The van der Waals surface area contributed by atoms with Crippen molar-refractivity contribution in [3.63, 3.8) is 0 Å². The van der Waals surface area contributed by atoms with Gasteiger partial charge in [0.05, 0.1) is 6.54 Å². The summed E-state index contributed by atoms with van der Waals surface area (Å²) in [4.78, 5) is 18.2. The molecular formula is C21H28FIN4O. The largest absolute Gasteiger partial charge is 0.357 e. The van der Waals surface area contributed by atoms with Crippen LogP contribution in [0.3, 0.4) is 0 Å². The molecule has 0 saturated heterocycles. The quantitative estimate of drug-likeness (QED) is 0.350. The average Bonchev–Trinajstić information content (AvgIpc) is 2.67. The number of rotatable bonds is 7. The lowest BCUT2D eigenvalue weighted by molar-refractivity contribution is 0.0827. The molecule has 0 fully saturated rings. The first-order valence-corrected chi connectivity index (χ1v) is 9.07. The summed E-state index contributed by atoms with van der Waals surface area (Å²) < 4.78 is 13.0. The summed E-state index contributed by atoms with van der Waals surface area (Å²) in [7, 11) is 3.49. The van der Waals surface area contributed by atoms with E-state index in [0.717, 1.165) is 24.1 Å². The molecule has 0 bridgehead atoms. The minimum Gasteiger partial charge on any atom is -0.357 e. The Kier molecular flexibility index (Phi) is 10.5. The van der Waals surface area contributed by atoms with Crippen molar-refractivity contribution in [3.05, 3.63) is 71.0 Å². The normalized spacial score (nSPS) is 10.8. The Hall–Kier alpha value is -2.16. The van der Waals surface area contributed by atoms with E-state index in [4.69, 9.17) is 0 Å². The van der Waals surface area contributed by atoms with Crippen molar-refractivity contribution in [2.75, 3.05) is 27.2 Å². The second-order valence-corrected chi connectivity index (χ2v) is 6.40. The van der Waals surface area contributed by atoms with Crippen LogP contribution < -0.4 is 10.6 Å². The highest BCUT2D eigenvalue weighted by molar-refractivity contribution is 14.0. The number of aliphatic imine (C=N–C) groups is 1. The maximum atomic E-state index is 13.0. The molecular weight excluding hydrogens is 470 g/mol. The summed E-state index contributed by atoms with van der Waals surface area (Å²) in [5.74, 6) is 0.462. The number of halogens is 2. The second kappa shape index (κ2) is 12.3. The number of hydrogen-bond donors (Lipinski definition) is 2. The van der Waals surface area contributed by atoms with Gasteiger partial charge in [0.2, 0.25) is 0 Å². The second-order valence-electron chi connectivity index (χ2n) is 6.40. The van der Waals surface area contributed by atoms with E-state index in [1.807, 2.05) is 31.2 Å². The van der Waals surface area contributed by atoms with Crippen LogP contribution in [0.5, 0.6) is 0 Å². The van der Waals surface area contributed by atoms with E-state index in [-0.39, 0.29) is 35.7 Å². The Labute approximate surface area is 183 Å². The molecule has 0 aliphatic carbocycles. The van der Waals surface area contributed by atoms with E-state index in [1.54, 1.807) is 31.1 Å². The highest BCUT2D eigenvalue weighted by atomic mass is 127. The molecule has 0 unspecified atom stereocenters. The summed E-state index contributed by atoms with van der Waals surface area (Å²) in [5, 5.41) is 6.49. The predicted molar refractivity (Wildman–Crippen MR) is 123 cm³/mol. The average molecular weight is 498 g/mol. The number of nitrogens with one attached hydrogen (secondary N) is 2. The highest BCUT2D eigenvalue weighted by Gasteiger charge is 2.08. The van der Waals surface area contributed by atoms with Crippen molar-refractivity contribution in [3.8, 4) is 0 Å². The first-order chi connectivity index (χ1) is 13.0. The van der Waals surface area contributed by atoms with Crippen molar-refractivity contribution in [1.29, 1.82) is 0 Å². The van der Waals surface area contributed by atoms with E-state index in [2.05, 4.69) is 15.6 Å². The molecule has 152 valence electrons. The maximum Gasteiger partial charge on any atom is 0.253 e. The Morgan fingerprint density at radius 1 is 1.07 bits per heavy atom. The van der Waals surface area contributed by atoms with Crippen molar-refractivity contribution >= 4 is 35.8 Å². The lowest BCUT2D eigenvalue weighted by atomic mass is 10.1. The van der Waals surface area contributed by atoms with Crippen molar-refractivity contribution in [2.45, 2.75) is 19.9 Å². The minimum absolute atomic E-state index is 0. The molecule has 0 aliphatic heterocycles. The summed E-state index contributed by atoms with van der Waals surface area (Å²) in [6.45, 7) is 3.92. The molecule has 2 rings (SSSR count). The molecule has 7 heteroatoms. The van der Waals surface area contributed by atoms with E-state index >= 15 is 0 Å². The summed E-state index contributed by atoms with van der Waals surface area (Å²) in [6, 6.07) is 14.0. The van der Waals surface area contributed by atoms with Gasteiger partial charge in [-0.2, -0.15) is 0 Å². The monoisotopic (exact) mass is 498 g/mol. The van der Waals surface area contributed by atoms with Gasteiger partial charge in [-0.3, -0.25) is 4.79 Å². The van der Waals surface area contributed by atoms with Gasteiger partial charge < -0.3 is 15.5 Å². The van der Waals surface area contributed by atoms with Crippen molar-refractivity contribution < 1.29 is 9.18 Å². The fraction of sp³-hybridized carbons (Fsp3) is 0.333. The number of carbonyl (C=O) groups is 1. The molecule has 5 nitrogen and oxygen atoms in total. The zero-order valence-electron chi connectivity index (χ0n) is 16.5. The van der Waals surface area contributed by atoms with Gasteiger partial charge in [0.15, 0.2) is 5.96 Å². The van der Waals surface area contributed by atoms with Gasteiger partial charge in [-0.1, -0.05) is 24.3 Å². The van der Waals surface area contributed by atoms with Crippen molar-refractivity contribution in [1.82, 2.24) is 15.5 Å². The minimum atomic E-state index is -0.247. The van der Waals surface area contributed by atoms with Gasteiger partial charge in [-0.05, 0) is 48.7 Å². The lowest BCUT2D eigenvalue weighted by Gasteiger charge is -2.13. The molecule has 0 saturated carbocycles. The van der Waals surface area contributed by atoms with Gasteiger partial charge in [-0.15, -0.1) is 24.0 Å². The molecule has 28 heavy (non-hydrogen) atoms. The van der Waals surface area contributed by atoms with E-state index in [1.165, 1.54) is 12.1 Å². The highest BCUT2D eigenvalue weighted by Crippen LogP contribution is 2.08. The third-order valence-corrected chi connectivity index (χ3v) is 3.96. The van der Waals surface area contributed by atoms with Crippen LogP contribution >= 0.6 is 24.0 Å². The Morgan fingerprint density at radius 2 is 1.79 bits per heavy atom. The van der Waals surface area contributed by atoms with E-state index in [9.17, 15) is 9.18 Å². The number of guanidine groups is 1. The molecule has 0 spiro atoms. The predicted octanol–water partition coefficient (Wildman–Crippen LogP) is 3.44. The van der Waals surface area contributed by atoms with Gasteiger partial charge >= 0.3 is 0 Å². The van der Waals surface area contributed by atoms with Gasteiger partial charge in [0.1, 0.15) is 5.82 Å². The molecule has 0 heterocycles. The molecule has 0 radical (unpaired) electrons. The Morgan fingerprint density at radius 3 is 2.43 bits per heavy atom. The third kappa shape index (κ3) is 7.84. The van der Waals surface area contributed by atoms with Crippen molar-refractivity contribution in [2.24, 2.45) is 4.99 Å². The van der Waals surface area contributed by atoms with Crippen LogP contribution in [-0.4, -0.2) is 44.0 Å². The van der Waals surface area contributed by atoms with Gasteiger partial charge in [0.25, 0.3) is 5.91 Å². The summed E-state index contributed by atoms with van der Waals surface area (Å²) in [5.41, 5.74) is 2.72. The first-order valence-electron chi connectivity index (χ1n) is 9.07. The zero-order chi connectivity index (χ0) is 19.6. The van der Waals surface area contributed by atoms with Crippen LogP contribution in [-0.2, 0) is 13.0 Å². The van der Waals surface area contributed by atoms with E-state index in [0.29, 0.717) is 24.6 Å². The molecule has 0 aromatic heterocycles. The molecule has 2 N–H and O–H groups in total. The fourth-order valence-electron chi connectivity index (χ4n) is 2.55. The number of nitrogens with zero attached hydrogens (tertiary/aromatic N) is 2. The van der Waals surface area contributed by atoms with Crippen LogP contribution in [0, 0.1) is 5.82 Å². The SMILES string of the molecule is CCNC(=NCc1ccc(F)cc1)NCCc1cccc(C(=O)N(C)C)c1.I. The smallest absolute Gasteiger partial charge is 0.253 e. The number of amides is 1. The summed E-state index contributed by atoms with van der Waals surface area (Å²) in [6.07, 6.45) is 0.773. The maximum absolute atomic E-state index is 13.0. The van der Waals surface area contributed by atoms with Crippen LogP contribution in [0.4, 0.5) is 4.39 Å². The third-order valence-electron chi connectivity index (χ3n) is 3.96. The Bertz CT molecular complexity index is 778. The van der Waals surface area contributed by atoms with Crippen LogP contribution in [0.25, 0.3) is 0 Å². The number of carbonyl (C=O) groups excluding carboxylic acids is 1. The zero-order valence-corrected chi connectivity index (χ0v) is 18.9. The fourth-order valence-corrected chi connectivity index (χ4v) is 2.55. The van der Waals surface area contributed by atoms with Crippen LogP contribution in [0.1, 0.15) is 28.4 Å². The first kappa shape index (κ1) is 23.9. The number of benzene rings is 2. The molecule has 1 amide bonds. The van der Waals surface area contributed by atoms with Gasteiger partial charge in [0, 0.05) is 32.7 Å². The molecule has 2 aromatic rings. The molecule has 2 aromatic carbocycles. The summed E-state index contributed by atoms with van der Waals surface area (Å²) >= 11 is 0. The van der Waals surface area contributed by atoms with Crippen LogP contribution in [0.15, 0.2) is 53.5 Å². The van der Waals surface area contributed by atoms with Gasteiger partial charge in [-0.25, -0.2) is 9.38 Å². The van der Waals surface area contributed by atoms with E-state index < -0.39 is 0 Å². The lowest BCUT2D eigenvalue weighted by Crippen LogP contribution is -2.38. The topological polar surface area (TPSA) is 56.7 Å². The Balaban J connectivity index is 0.00000392. The van der Waals surface area contributed by atoms with Crippen LogP contribution in [0.2, 0.25) is 0 Å². The number of hydrogen-bond acceptors (Lipinski definition) is 2. The molecule has 0 aliphatic rings. The standard InChI is InChI=1S/C21H27FN4O.HI/c1-4-23-21(25-15-17-8-10-19(22)11-9-17)24-13-12-16-6-5-7-18(14-16)20(27)26(2)3;/h5-11,14H,4,12-13,15H2,1-3H3,(H2,23,24,25);1H.